The predicted octanol–water partition coefficient (Wildman–Crippen LogP) is 1.79. The molecule has 78 valence electrons. The Bertz CT molecular complexity index is 320. The topological polar surface area (TPSA) is 52.0 Å². The van der Waals surface area contributed by atoms with Crippen molar-refractivity contribution >= 4 is 5.69 Å². The van der Waals surface area contributed by atoms with Crippen molar-refractivity contribution in [2.75, 3.05) is 12.3 Å². The van der Waals surface area contributed by atoms with Crippen LogP contribution in [0.4, 0.5) is 18.9 Å². The van der Waals surface area contributed by atoms with Gasteiger partial charge in [-0.3, -0.25) is 0 Å². The summed E-state index contributed by atoms with van der Waals surface area (Å²) < 4.78 is 36.8. The molecule has 0 atom stereocenters. The van der Waals surface area contributed by atoms with Crippen molar-refractivity contribution in [1.29, 1.82) is 0 Å². The van der Waals surface area contributed by atoms with Crippen LogP contribution < -0.4 is 11.5 Å². The molecule has 0 heterocycles. The summed E-state index contributed by atoms with van der Waals surface area (Å²) in [6.45, 7) is 0.283. The molecule has 0 aliphatic rings. The first-order valence-corrected chi connectivity index (χ1v) is 4.11. The Morgan fingerprint density at radius 1 is 1.21 bits per heavy atom. The molecule has 0 unspecified atom stereocenters. The van der Waals surface area contributed by atoms with Crippen LogP contribution in [0.25, 0.3) is 0 Å². The van der Waals surface area contributed by atoms with Gasteiger partial charge in [0.1, 0.15) is 0 Å². The molecule has 5 heteroatoms. The van der Waals surface area contributed by atoms with Crippen molar-refractivity contribution < 1.29 is 13.2 Å². The summed E-state index contributed by atoms with van der Waals surface area (Å²) in [6, 6.07) is 3.27. The third kappa shape index (κ3) is 2.38. The average Bonchev–Trinajstić information content (AvgIpc) is 2.07. The lowest BCUT2D eigenvalue weighted by Gasteiger charge is -2.10. The van der Waals surface area contributed by atoms with Gasteiger partial charge in [0.05, 0.1) is 5.56 Å². The minimum absolute atomic E-state index is 0.283. The summed E-state index contributed by atoms with van der Waals surface area (Å²) in [6.07, 6.45) is -3.97. The van der Waals surface area contributed by atoms with E-state index in [9.17, 15) is 13.2 Å². The molecule has 0 aliphatic heterocycles. The van der Waals surface area contributed by atoms with Gasteiger partial charge in [-0.05, 0) is 36.7 Å². The van der Waals surface area contributed by atoms with E-state index < -0.39 is 11.7 Å². The largest absolute Gasteiger partial charge is 0.416 e. The second-order valence-corrected chi connectivity index (χ2v) is 2.95. The zero-order chi connectivity index (χ0) is 10.8. The molecule has 0 amide bonds. The van der Waals surface area contributed by atoms with Crippen molar-refractivity contribution in [1.82, 2.24) is 0 Å². The van der Waals surface area contributed by atoms with Gasteiger partial charge in [0.25, 0.3) is 0 Å². The number of hydrogen-bond acceptors (Lipinski definition) is 2. The van der Waals surface area contributed by atoms with Crippen molar-refractivity contribution in [3.05, 3.63) is 29.3 Å². The second-order valence-electron chi connectivity index (χ2n) is 2.95. The molecule has 4 N–H and O–H groups in total. The first kappa shape index (κ1) is 10.8. The van der Waals surface area contributed by atoms with E-state index in [-0.39, 0.29) is 6.54 Å². The molecule has 0 saturated carbocycles. The summed E-state index contributed by atoms with van der Waals surface area (Å²) in [5.41, 5.74) is 10.9. The van der Waals surface area contributed by atoms with Gasteiger partial charge in [-0.25, -0.2) is 0 Å². The number of anilines is 1. The number of halogens is 3. The summed E-state index contributed by atoms with van der Waals surface area (Å²) >= 11 is 0. The normalized spacial score (nSPS) is 11.7. The van der Waals surface area contributed by atoms with E-state index in [1.54, 1.807) is 0 Å². The molecule has 14 heavy (non-hydrogen) atoms. The Labute approximate surface area is 79.7 Å². The molecule has 2 nitrogen and oxygen atoms in total. The SMILES string of the molecule is NCCc1cc(C(F)(F)F)ccc1N. The predicted molar refractivity (Wildman–Crippen MR) is 48.6 cm³/mol. The Morgan fingerprint density at radius 2 is 1.86 bits per heavy atom. The van der Waals surface area contributed by atoms with Crippen molar-refractivity contribution in [2.24, 2.45) is 5.73 Å². The summed E-state index contributed by atoms with van der Waals surface area (Å²) in [5.74, 6) is 0. The van der Waals surface area contributed by atoms with Gasteiger partial charge in [-0.1, -0.05) is 0 Å². The zero-order valence-electron chi connectivity index (χ0n) is 7.43. The summed E-state index contributed by atoms with van der Waals surface area (Å²) in [5, 5.41) is 0. The highest BCUT2D eigenvalue weighted by atomic mass is 19.4. The zero-order valence-corrected chi connectivity index (χ0v) is 7.43. The number of benzene rings is 1. The first-order chi connectivity index (χ1) is 6.45. The van der Waals surface area contributed by atoms with Gasteiger partial charge in [0, 0.05) is 5.69 Å². The van der Waals surface area contributed by atoms with Crippen LogP contribution in [-0.2, 0) is 12.6 Å². The molecule has 1 rings (SSSR count). The maximum atomic E-state index is 12.3. The second kappa shape index (κ2) is 3.88. The molecular weight excluding hydrogens is 193 g/mol. The maximum Gasteiger partial charge on any atom is 0.416 e. The van der Waals surface area contributed by atoms with E-state index in [4.69, 9.17) is 11.5 Å². The van der Waals surface area contributed by atoms with Crippen LogP contribution in [0.15, 0.2) is 18.2 Å². The maximum absolute atomic E-state index is 12.3. The highest BCUT2D eigenvalue weighted by Crippen LogP contribution is 2.31. The van der Waals surface area contributed by atoms with Crippen LogP contribution in [-0.4, -0.2) is 6.54 Å². The average molecular weight is 204 g/mol. The number of nitrogens with two attached hydrogens (primary N) is 2. The van der Waals surface area contributed by atoms with Crippen LogP contribution in [0.1, 0.15) is 11.1 Å². The van der Waals surface area contributed by atoms with E-state index in [2.05, 4.69) is 0 Å². The number of alkyl halides is 3. The highest BCUT2D eigenvalue weighted by molar-refractivity contribution is 5.49. The minimum Gasteiger partial charge on any atom is -0.399 e. The van der Waals surface area contributed by atoms with Crippen molar-refractivity contribution in [3.8, 4) is 0 Å². The third-order valence-corrected chi connectivity index (χ3v) is 1.88. The van der Waals surface area contributed by atoms with E-state index in [1.165, 1.54) is 6.07 Å². The Kier molecular flexibility index (Phi) is 3.00. The van der Waals surface area contributed by atoms with Crippen LogP contribution in [0.3, 0.4) is 0 Å². The third-order valence-electron chi connectivity index (χ3n) is 1.88. The molecule has 0 aromatic heterocycles. The van der Waals surface area contributed by atoms with Crippen molar-refractivity contribution in [2.45, 2.75) is 12.6 Å². The molecule has 0 spiro atoms. The van der Waals surface area contributed by atoms with Crippen LogP contribution in [0.5, 0.6) is 0 Å². The molecule has 0 saturated heterocycles. The van der Waals surface area contributed by atoms with Gasteiger partial charge in [-0.15, -0.1) is 0 Å². The van der Waals surface area contributed by atoms with E-state index in [0.29, 0.717) is 17.7 Å². The lowest BCUT2D eigenvalue weighted by atomic mass is 10.1. The Hall–Kier alpha value is -1.23. The van der Waals surface area contributed by atoms with Gasteiger partial charge in [0.2, 0.25) is 0 Å². The minimum atomic E-state index is -4.32. The number of rotatable bonds is 2. The lowest BCUT2D eigenvalue weighted by Crippen LogP contribution is -2.09. The Balaban J connectivity index is 3.06. The van der Waals surface area contributed by atoms with Gasteiger partial charge >= 0.3 is 6.18 Å². The standard InChI is InChI=1S/C9H11F3N2/c10-9(11,12)7-1-2-8(14)6(5-7)3-4-13/h1-2,5H,3-4,13-14H2. The fraction of sp³-hybridized carbons (Fsp3) is 0.333. The van der Waals surface area contributed by atoms with Crippen LogP contribution in [0, 0.1) is 0 Å². The van der Waals surface area contributed by atoms with Crippen LogP contribution in [0.2, 0.25) is 0 Å². The number of nitrogen functional groups attached to an aromatic ring is 1. The van der Waals surface area contributed by atoms with E-state index >= 15 is 0 Å². The molecule has 1 aromatic carbocycles. The Morgan fingerprint density at radius 3 is 2.36 bits per heavy atom. The molecule has 0 radical (unpaired) electrons. The lowest BCUT2D eigenvalue weighted by molar-refractivity contribution is -0.137. The first-order valence-electron chi connectivity index (χ1n) is 4.11. The van der Waals surface area contributed by atoms with Gasteiger partial charge < -0.3 is 11.5 Å². The fourth-order valence-corrected chi connectivity index (χ4v) is 1.15. The summed E-state index contributed by atoms with van der Waals surface area (Å²) in [4.78, 5) is 0. The molecule has 1 aromatic rings. The molecule has 0 aliphatic carbocycles. The molecule has 0 fully saturated rings. The quantitative estimate of drug-likeness (QED) is 0.721. The highest BCUT2D eigenvalue weighted by Gasteiger charge is 2.30. The van der Waals surface area contributed by atoms with E-state index in [1.807, 2.05) is 0 Å². The molecule has 0 bridgehead atoms. The summed E-state index contributed by atoms with van der Waals surface area (Å²) in [7, 11) is 0. The van der Waals surface area contributed by atoms with Gasteiger partial charge in [0.15, 0.2) is 0 Å². The van der Waals surface area contributed by atoms with E-state index in [0.717, 1.165) is 12.1 Å². The van der Waals surface area contributed by atoms with Crippen LogP contribution >= 0.6 is 0 Å². The molecular formula is C9H11F3N2. The number of hydrogen-bond donors (Lipinski definition) is 2. The van der Waals surface area contributed by atoms with Crippen molar-refractivity contribution in [3.63, 3.8) is 0 Å². The van der Waals surface area contributed by atoms with Gasteiger partial charge in [-0.2, -0.15) is 13.2 Å². The fourth-order valence-electron chi connectivity index (χ4n) is 1.15. The monoisotopic (exact) mass is 204 g/mol. The smallest absolute Gasteiger partial charge is 0.399 e.